The Labute approximate surface area is 83.9 Å². The number of methoxy groups -OCH3 is 1. The van der Waals surface area contributed by atoms with Crippen molar-refractivity contribution in [2.24, 2.45) is 0 Å². The fourth-order valence-corrected chi connectivity index (χ4v) is 1.41. The summed E-state index contributed by atoms with van der Waals surface area (Å²) < 4.78 is 4.69. The van der Waals surface area contributed by atoms with Crippen molar-refractivity contribution in [3.05, 3.63) is 29.3 Å². The lowest BCUT2D eigenvalue weighted by molar-refractivity contribution is 0.0600. The Balaban J connectivity index is 3.29. The minimum absolute atomic E-state index is 0.257. The molecule has 3 heteroatoms. The number of hydrogen-bond acceptors (Lipinski definition) is 3. The maximum absolute atomic E-state index is 11.5. The van der Waals surface area contributed by atoms with Crippen LogP contribution < -0.4 is 5.73 Å². The van der Waals surface area contributed by atoms with Gasteiger partial charge in [-0.1, -0.05) is 26.0 Å². The number of nitrogen functional groups attached to an aromatic ring is 1. The molecule has 3 nitrogen and oxygen atoms in total. The van der Waals surface area contributed by atoms with E-state index in [-0.39, 0.29) is 11.9 Å². The third-order valence-corrected chi connectivity index (χ3v) is 2.14. The number of ether oxygens (including phenoxy) is 1. The summed E-state index contributed by atoms with van der Waals surface area (Å²) in [6.07, 6.45) is 0. The summed E-state index contributed by atoms with van der Waals surface area (Å²) in [4.78, 5) is 11.5. The maximum atomic E-state index is 11.5. The molecule has 14 heavy (non-hydrogen) atoms. The zero-order chi connectivity index (χ0) is 10.7. The maximum Gasteiger partial charge on any atom is 0.340 e. The lowest BCUT2D eigenvalue weighted by Gasteiger charge is -2.12. The molecule has 0 amide bonds. The third kappa shape index (κ3) is 1.87. The molecule has 76 valence electrons. The van der Waals surface area contributed by atoms with Gasteiger partial charge < -0.3 is 10.5 Å². The summed E-state index contributed by atoms with van der Waals surface area (Å²) in [5.74, 6) is -0.112. The number of nitrogens with two attached hydrogens (primary N) is 1. The highest BCUT2D eigenvalue weighted by Gasteiger charge is 2.16. The molecule has 0 aliphatic carbocycles. The number of carbonyl (C=O) groups is 1. The number of carbonyl (C=O) groups excluding carboxylic acids is 1. The van der Waals surface area contributed by atoms with Crippen LogP contribution in [0.4, 0.5) is 5.69 Å². The van der Waals surface area contributed by atoms with Crippen LogP contribution in [0.15, 0.2) is 18.2 Å². The number of benzene rings is 1. The van der Waals surface area contributed by atoms with Gasteiger partial charge >= 0.3 is 5.97 Å². The topological polar surface area (TPSA) is 52.3 Å². The molecule has 0 aromatic heterocycles. The van der Waals surface area contributed by atoms with Gasteiger partial charge in [0, 0.05) is 5.69 Å². The van der Waals surface area contributed by atoms with Crippen molar-refractivity contribution in [3.63, 3.8) is 0 Å². The summed E-state index contributed by atoms with van der Waals surface area (Å²) in [5.41, 5.74) is 7.63. The van der Waals surface area contributed by atoms with Crippen molar-refractivity contribution in [2.45, 2.75) is 19.8 Å². The Morgan fingerprint density at radius 3 is 2.57 bits per heavy atom. The van der Waals surface area contributed by atoms with E-state index in [4.69, 9.17) is 5.73 Å². The Kier molecular flexibility index (Phi) is 3.12. The number of esters is 1. The average Bonchev–Trinajstić information content (AvgIpc) is 2.16. The first-order valence-corrected chi connectivity index (χ1v) is 4.54. The molecule has 1 aromatic rings. The van der Waals surface area contributed by atoms with E-state index < -0.39 is 0 Å². The van der Waals surface area contributed by atoms with E-state index in [1.165, 1.54) is 7.11 Å². The largest absolute Gasteiger partial charge is 0.465 e. The first-order valence-electron chi connectivity index (χ1n) is 4.54. The van der Waals surface area contributed by atoms with Gasteiger partial charge in [-0.05, 0) is 17.5 Å². The fourth-order valence-electron chi connectivity index (χ4n) is 1.41. The van der Waals surface area contributed by atoms with Crippen molar-refractivity contribution in [1.29, 1.82) is 0 Å². The van der Waals surface area contributed by atoms with Gasteiger partial charge in [-0.3, -0.25) is 0 Å². The smallest absolute Gasteiger partial charge is 0.340 e. The summed E-state index contributed by atoms with van der Waals surface area (Å²) in [7, 11) is 1.36. The first kappa shape index (κ1) is 10.6. The molecule has 0 radical (unpaired) electrons. The van der Waals surface area contributed by atoms with E-state index in [1.54, 1.807) is 6.07 Å². The van der Waals surface area contributed by atoms with E-state index in [2.05, 4.69) is 4.74 Å². The highest BCUT2D eigenvalue weighted by molar-refractivity contribution is 5.96. The van der Waals surface area contributed by atoms with Gasteiger partial charge in [0.1, 0.15) is 0 Å². The molecule has 0 bridgehead atoms. The minimum atomic E-state index is -0.369. The zero-order valence-electron chi connectivity index (χ0n) is 8.70. The molecule has 2 N–H and O–H groups in total. The molecule has 1 aromatic carbocycles. The van der Waals surface area contributed by atoms with Crippen LogP contribution >= 0.6 is 0 Å². The molecule has 0 aliphatic heterocycles. The first-order chi connectivity index (χ1) is 6.57. The van der Waals surface area contributed by atoms with Crippen LogP contribution in [0.1, 0.15) is 35.7 Å². The van der Waals surface area contributed by atoms with Gasteiger partial charge in [-0.15, -0.1) is 0 Å². The molecule has 0 fully saturated rings. The van der Waals surface area contributed by atoms with Gasteiger partial charge in [0.15, 0.2) is 0 Å². The van der Waals surface area contributed by atoms with E-state index in [1.807, 2.05) is 26.0 Å². The molecule has 0 saturated heterocycles. The second-order valence-electron chi connectivity index (χ2n) is 3.46. The Hall–Kier alpha value is -1.51. The second-order valence-corrected chi connectivity index (χ2v) is 3.46. The van der Waals surface area contributed by atoms with Gasteiger partial charge in [0.2, 0.25) is 0 Å². The molecular weight excluding hydrogens is 178 g/mol. The monoisotopic (exact) mass is 193 g/mol. The highest BCUT2D eigenvalue weighted by atomic mass is 16.5. The van der Waals surface area contributed by atoms with E-state index in [0.717, 1.165) is 5.56 Å². The molecule has 0 unspecified atom stereocenters. The highest BCUT2D eigenvalue weighted by Crippen LogP contribution is 2.24. The van der Waals surface area contributed by atoms with E-state index in [9.17, 15) is 4.79 Å². The van der Waals surface area contributed by atoms with Gasteiger partial charge in [-0.2, -0.15) is 0 Å². The van der Waals surface area contributed by atoms with Crippen LogP contribution in [0.3, 0.4) is 0 Å². The van der Waals surface area contributed by atoms with Crippen LogP contribution in [0.5, 0.6) is 0 Å². The van der Waals surface area contributed by atoms with Gasteiger partial charge in [-0.25, -0.2) is 4.79 Å². The summed E-state index contributed by atoms with van der Waals surface area (Å²) in [6, 6.07) is 5.45. The predicted octanol–water partition coefficient (Wildman–Crippen LogP) is 2.18. The predicted molar refractivity (Wildman–Crippen MR) is 56.3 cm³/mol. The van der Waals surface area contributed by atoms with Crippen molar-refractivity contribution in [1.82, 2.24) is 0 Å². The fraction of sp³-hybridized carbons (Fsp3) is 0.364. The van der Waals surface area contributed by atoms with Crippen LogP contribution in [0, 0.1) is 0 Å². The van der Waals surface area contributed by atoms with Gasteiger partial charge in [0.05, 0.1) is 12.7 Å². The van der Waals surface area contributed by atoms with Crippen LogP contribution in [-0.2, 0) is 4.74 Å². The Morgan fingerprint density at radius 2 is 2.07 bits per heavy atom. The van der Waals surface area contributed by atoms with Crippen molar-refractivity contribution < 1.29 is 9.53 Å². The number of anilines is 1. The summed E-state index contributed by atoms with van der Waals surface area (Å²) in [5, 5.41) is 0. The lowest BCUT2D eigenvalue weighted by atomic mass is 9.96. The summed E-state index contributed by atoms with van der Waals surface area (Å²) >= 11 is 0. The third-order valence-electron chi connectivity index (χ3n) is 2.14. The SMILES string of the molecule is COC(=O)c1c(N)cccc1C(C)C. The second kappa shape index (κ2) is 4.13. The number of hydrogen-bond donors (Lipinski definition) is 1. The van der Waals surface area contributed by atoms with Crippen LogP contribution in [-0.4, -0.2) is 13.1 Å². The Bertz CT molecular complexity index is 345. The molecule has 0 atom stereocenters. The molecule has 0 heterocycles. The van der Waals surface area contributed by atoms with E-state index >= 15 is 0 Å². The average molecular weight is 193 g/mol. The lowest BCUT2D eigenvalue weighted by Crippen LogP contribution is -2.10. The quantitative estimate of drug-likeness (QED) is 0.578. The van der Waals surface area contributed by atoms with Crippen molar-refractivity contribution in [3.8, 4) is 0 Å². The molecule has 0 spiro atoms. The molecule has 1 rings (SSSR count). The molecule has 0 aliphatic rings. The van der Waals surface area contributed by atoms with Crippen molar-refractivity contribution in [2.75, 3.05) is 12.8 Å². The van der Waals surface area contributed by atoms with E-state index in [0.29, 0.717) is 11.3 Å². The van der Waals surface area contributed by atoms with Crippen LogP contribution in [0.2, 0.25) is 0 Å². The summed E-state index contributed by atoms with van der Waals surface area (Å²) in [6.45, 7) is 4.03. The standard InChI is InChI=1S/C11H15NO2/c1-7(2)8-5-4-6-9(12)10(8)11(13)14-3/h4-7H,12H2,1-3H3. The number of rotatable bonds is 2. The normalized spacial score (nSPS) is 10.3. The Morgan fingerprint density at radius 1 is 1.43 bits per heavy atom. The zero-order valence-corrected chi connectivity index (χ0v) is 8.70. The molecular formula is C11H15NO2. The molecule has 0 saturated carbocycles. The van der Waals surface area contributed by atoms with Crippen molar-refractivity contribution >= 4 is 11.7 Å². The van der Waals surface area contributed by atoms with Gasteiger partial charge in [0.25, 0.3) is 0 Å². The van der Waals surface area contributed by atoms with Crippen LogP contribution in [0.25, 0.3) is 0 Å². The minimum Gasteiger partial charge on any atom is -0.465 e.